The number of rotatable bonds is 9. The second-order valence-corrected chi connectivity index (χ2v) is 8.54. The number of carbonyl (C=O) groups is 3. The number of nitrogens with zero attached hydrogens (tertiary/aromatic N) is 1. The summed E-state index contributed by atoms with van der Waals surface area (Å²) in [6.45, 7) is 7.88. The number of likely N-dealkylation sites (tertiary alicyclic amines) is 1. The molecule has 1 heterocycles. The van der Waals surface area contributed by atoms with E-state index < -0.39 is 23.6 Å². The Morgan fingerprint density at radius 1 is 1.06 bits per heavy atom. The molecule has 7 heteroatoms. The number of hydrogen-bond donors (Lipinski definition) is 2. The van der Waals surface area contributed by atoms with Gasteiger partial charge in [-0.1, -0.05) is 57.0 Å². The quantitative estimate of drug-likeness (QED) is 0.504. The molecule has 0 radical (unpaired) electrons. The highest BCUT2D eigenvalue weighted by molar-refractivity contribution is 6.03. The molecule has 0 aliphatic carbocycles. The number of carbonyl (C=O) groups excluding carboxylic acids is 2. The number of imide groups is 1. The number of β-lactam (4-membered cyclic amide) rings is 1. The van der Waals surface area contributed by atoms with Crippen LogP contribution >= 0.6 is 0 Å². The SMILES string of the molecule is CCCC(NC(=O)N1C(=O)C(CC)(CC)C1Oc1ccc(C(=O)O)cc1)c1ccc(C)cc1. The minimum atomic E-state index is -1.03. The fourth-order valence-electron chi connectivity index (χ4n) is 4.33. The molecular weight excluding hydrogens is 420 g/mol. The molecule has 0 bridgehead atoms. The molecule has 1 saturated heterocycles. The van der Waals surface area contributed by atoms with Gasteiger partial charge in [-0.25, -0.2) is 14.5 Å². The first-order valence-corrected chi connectivity index (χ1v) is 11.5. The van der Waals surface area contributed by atoms with Crippen LogP contribution in [-0.4, -0.2) is 34.1 Å². The average Bonchev–Trinajstić information content (AvgIpc) is 2.80. The fraction of sp³-hybridized carbons (Fsp3) is 0.423. The number of carboxylic acid groups (broad SMARTS) is 1. The molecule has 2 unspecified atom stereocenters. The second kappa shape index (κ2) is 10.1. The lowest BCUT2D eigenvalue weighted by Crippen LogP contribution is -2.73. The van der Waals surface area contributed by atoms with Gasteiger partial charge in [-0.15, -0.1) is 0 Å². The van der Waals surface area contributed by atoms with Gasteiger partial charge in [0.15, 0.2) is 6.23 Å². The van der Waals surface area contributed by atoms with Crippen molar-refractivity contribution in [1.29, 1.82) is 0 Å². The summed E-state index contributed by atoms with van der Waals surface area (Å²) in [6.07, 6.45) is 1.90. The zero-order valence-corrected chi connectivity index (χ0v) is 19.6. The number of amides is 3. The molecule has 0 saturated carbocycles. The first-order valence-electron chi connectivity index (χ1n) is 11.5. The molecule has 1 fully saturated rings. The summed E-state index contributed by atoms with van der Waals surface area (Å²) in [5.41, 5.74) is 1.46. The zero-order chi connectivity index (χ0) is 24.2. The number of carboxylic acids is 1. The molecule has 2 N–H and O–H groups in total. The normalized spacial score (nSPS) is 17.8. The molecule has 0 aromatic heterocycles. The van der Waals surface area contributed by atoms with Crippen LogP contribution in [0.15, 0.2) is 48.5 Å². The van der Waals surface area contributed by atoms with Crippen molar-refractivity contribution < 1.29 is 24.2 Å². The Hall–Kier alpha value is -3.35. The number of aryl methyl sites for hydroxylation is 1. The van der Waals surface area contributed by atoms with E-state index in [-0.39, 0.29) is 17.5 Å². The molecule has 0 spiro atoms. The Bertz CT molecular complexity index is 996. The Morgan fingerprint density at radius 2 is 1.67 bits per heavy atom. The molecule has 2 aromatic rings. The molecule has 3 amide bonds. The molecular formula is C26H32N2O5. The van der Waals surface area contributed by atoms with Crippen LogP contribution in [0.3, 0.4) is 0 Å². The lowest BCUT2D eigenvalue weighted by atomic mass is 9.72. The third-order valence-electron chi connectivity index (χ3n) is 6.54. The third-order valence-corrected chi connectivity index (χ3v) is 6.54. The van der Waals surface area contributed by atoms with E-state index in [1.165, 1.54) is 12.1 Å². The van der Waals surface area contributed by atoms with Crippen molar-refractivity contribution in [2.24, 2.45) is 5.41 Å². The van der Waals surface area contributed by atoms with E-state index >= 15 is 0 Å². The molecule has 176 valence electrons. The smallest absolute Gasteiger partial charge is 0.335 e. The molecule has 2 aromatic carbocycles. The van der Waals surface area contributed by atoms with Gasteiger partial charge in [-0.2, -0.15) is 0 Å². The van der Waals surface area contributed by atoms with Gasteiger partial charge in [0.1, 0.15) is 11.2 Å². The highest BCUT2D eigenvalue weighted by Crippen LogP contribution is 2.46. The van der Waals surface area contributed by atoms with E-state index in [4.69, 9.17) is 9.84 Å². The summed E-state index contributed by atoms with van der Waals surface area (Å²) < 4.78 is 6.10. The fourth-order valence-corrected chi connectivity index (χ4v) is 4.33. The minimum absolute atomic E-state index is 0.138. The Kier molecular flexibility index (Phi) is 7.41. The van der Waals surface area contributed by atoms with Gasteiger partial charge >= 0.3 is 12.0 Å². The van der Waals surface area contributed by atoms with E-state index in [9.17, 15) is 14.4 Å². The van der Waals surface area contributed by atoms with E-state index in [1.54, 1.807) is 12.1 Å². The number of aromatic carboxylic acids is 1. The standard InChI is InChI=1S/C26H32N2O5/c1-5-8-21(18-11-9-17(4)10-12-18)27-25(32)28-23(31)26(6-2,7-3)24(28)33-20-15-13-19(14-16-20)22(29)30/h9-16,21,24H,5-8H2,1-4H3,(H,27,32)(H,29,30). The van der Waals surface area contributed by atoms with E-state index in [1.807, 2.05) is 52.0 Å². The van der Waals surface area contributed by atoms with Gasteiger partial charge < -0.3 is 15.2 Å². The van der Waals surface area contributed by atoms with Crippen molar-refractivity contribution in [3.8, 4) is 5.75 Å². The van der Waals surface area contributed by atoms with Gasteiger partial charge in [0, 0.05) is 0 Å². The van der Waals surface area contributed by atoms with Gasteiger partial charge in [0.25, 0.3) is 0 Å². The van der Waals surface area contributed by atoms with Crippen molar-refractivity contribution in [2.45, 2.75) is 65.6 Å². The number of urea groups is 1. The Labute approximate surface area is 194 Å². The summed E-state index contributed by atoms with van der Waals surface area (Å²) in [7, 11) is 0. The molecule has 3 rings (SSSR count). The minimum Gasteiger partial charge on any atom is -0.478 e. The first-order chi connectivity index (χ1) is 15.8. The largest absolute Gasteiger partial charge is 0.478 e. The van der Waals surface area contributed by atoms with Crippen LogP contribution in [0.2, 0.25) is 0 Å². The topological polar surface area (TPSA) is 95.9 Å². The summed E-state index contributed by atoms with van der Waals surface area (Å²) in [5.74, 6) is -0.877. The maximum atomic E-state index is 13.3. The molecule has 33 heavy (non-hydrogen) atoms. The van der Waals surface area contributed by atoms with Gasteiger partial charge in [0.05, 0.1) is 11.6 Å². The van der Waals surface area contributed by atoms with Crippen LogP contribution in [0.5, 0.6) is 5.75 Å². The maximum Gasteiger partial charge on any atom is 0.335 e. The van der Waals surface area contributed by atoms with Crippen LogP contribution in [0, 0.1) is 12.3 Å². The number of benzene rings is 2. The highest BCUT2D eigenvalue weighted by atomic mass is 16.5. The lowest BCUT2D eigenvalue weighted by molar-refractivity contribution is -0.191. The number of hydrogen-bond acceptors (Lipinski definition) is 4. The summed E-state index contributed by atoms with van der Waals surface area (Å²) >= 11 is 0. The summed E-state index contributed by atoms with van der Waals surface area (Å²) in [6, 6.07) is 13.3. The molecule has 1 aliphatic heterocycles. The highest BCUT2D eigenvalue weighted by Gasteiger charge is 2.63. The Balaban J connectivity index is 1.83. The second-order valence-electron chi connectivity index (χ2n) is 8.54. The van der Waals surface area contributed by atoms with Crippen LogP contribution in [-0.2, 0) is 4.79 Å². The van der Waals surface area contributed by atoms with Gasteiger partial charge in [-0.05, 0) is 56.0 Å². The number of ether oxygens (including phenoxy) is 1. The van der Waals surface area contributed by atoms with Crippen LogP contribution in [0.1, 0.15) is 74.0 Å². The first kappa shape index (κ1) is 24.3. The zero-order valence-electron chi connectivity index (χ0n) is 19.6. The predicted octanol–water partition coefficient (Wildman–Crippen LogP) is 5.30. The van der Waals surface area contributed by atoms with Crippen LogP contribution in [0.4, 0.5) is 4.79 Å². The summed E-state index contributed by atoms with van der Waals surface area (Å²) in [4.78, 5) is 38.7. The lowest BCUT2D eigenvalue weighted by Gasteiger charge is -2.53. The monoisotopic (exact) mass is 452 g/mol. The van der Waals surface area contributed by atoms with E-state index in [2.05, 4.69) is 5.32 Å². The Morgan fingerprint density at radius 3 is 2.18 bits per heavy atom. The maximum absolute atomic E-state index is 13.3. The van der Waals surface area contributed by atoms with Crippen molar-refractivity contribution in [2.75, 3.05) is 0 Å². The van der Waals surface area contributed by atoms with Gasteiger partial charge in [-0.3, -0.25) is 4.79 Å². The van der Waals surface area contributed by atoms with Crippen molar-refractivity contribution in [1.82, 2.24) is 10.2 Å². The van der Waals surface area contributed by atoms with Crippen molar-refractivity contribution in [3.63, 3.8) is 0 Å². The predicted molar refractivity (Wildman–Crippen MR) is 125 cm³/mol. The third kappa shape index (κ3) is 4.72. The van der Waals surface area contributed by atoms with Crippen molar-refractivity contribution in [3.05, 3.63) is 65.2 Å². The van der Waals surface area contributed by atoms with Crippen molar-refractivity contribution >= 4 is 17.9 Å². The molecule has 2 atom stereocenters. The van der Waals surface area contributed by atoms with Crippen LogP contribution < -0.4 is 10.1 Å². The van der Waals surface area contributed by atoms with Gasteiger partial charge in [0.2, 0.25) is 5.91 Å². The van der Waals surface area contributed by atoms with E-state index in [0.29, 0.717) is 18.6 Å². The van der Waals surface area contributed by atoms with Crippen LogP contribution in [0.25, 0.3) is 0 Å². The average molecular weight is 453 g/mol. The summed E-state index contributed by atoms with van der Waals surface area (Å²) in [5, 5.41) is 12.1. The van der Waals surface area contributed by atoms with E-state index in [0.717, 1.165) is 28.9 Å². The molecule has 7 nitrogen and oxygen atoms in total. The number of nitrogens with one attached hydrogen (secondary N) is 1. The molecule has 1 aliphatic rings.